The summed E-state index contributed by atoms with van der Waals surface area (Å²) in [5.74, 6) is -1.53. The van der Waals surface area contributed by atoms with Crippen LogP contribution in [-0.2, 0) is 0 Å². The van der Waals surface area contributed by atoms with Crippen LogP contribution in [0.1, 0.15) is 20.7 Å². The molecule has 1 rings (SSSR count). The second kappa shape index (κ2) is 3.78. The van der Waals surface area contributed by atoms with E-state index in [4.69, 9.17) is 14.9 Å². The summed E-state index contributed by atoms with van der Waals surface area (Å²) in [7, 11) is 1.26. The van der Waals surface area contributed by atoms with Gasteiger partial charge in [-0.2, -0.15) is 0 Å². The number of rotatable bonds is 3. The molecule has 2 N–H and O–H groups in total. The van der Waals surface area contributed by atoms with Gasteiger partial charge in [-0.05, 0) is 6.07 Å². The van der Waals surface area contributed by atoms with Crippen LogP contribution in [-0.4, -0.2) is 29.6 Å². The highest BCUT2D eigenvalue weighted by Gasteiger charge is 2.17. The van der Waals surface area contributed by atoms with Gasteiger partial charge in [-0.3, -0.25) is 4.79 Å². The molecule has 0 saturated carbocycles. The average molecular weight is 196 g/mol. The Hall–Kier alpha value is -2.04. The molecule has 0 saturated heterocycles. The Labute approximate surface area is 79.6 Å². The van der Waals surface area contributed by atoms with Crippen molar-refractivity contribution in [1.29, 1.82) is 0 Å². The van der Waals surface area contributed by atoms with Gasteiger partial charge in [0.25, 0.3) is 0 Å². The summed E-state index contributed by atoms with van der Waals surface area (Å²) in [5.41, 5.74) is -0.366. The number of aromatic hydroxyl groups is 1. The molecule has 1 aromatic rings. The highest BCUT2D eigenvalue weighted by molar-refractivity contribution is 6.00. The summed E-state index contributed by atoms with van der Waals surface area (Å²) in [4.78, 5) is 21.3. The van der Waals surface area contributed by atoms with Gasteiger partial charge in [0.05, 0.1) is 7.11 Å². The molecule has 1 aromatic carbocycles. The molecule has 5 nitrogen and oxygen atoms in total. The van der Waals surface area contributed by atoms with Crippen LogP contribution >= 0.6 is 0 Å². The Morgan fingerprint density at radius 1 is 1.50 bits per heavy atom. The molecular weight excluding hydrogens is 188 g/mol. The molecule has 0 aliphatic heterocycles. The lowest BCUT2D eigenvalue weighted by atomic mass is 10.1. The molecule has 0 fully saturated rings. The number of carbonyl (C=O) groups excluding carboxylic acids is 1. The first-order chi connectivity index (χ1) is 6.60. The highest BCUT2D eigenvalue weighted by atomic mass is 16.5. The van der Waals surface area contributed by atoms with Gasteiger partial charge < -0.3 is 14.9 Å². The summed E-state index contributed by atoms with van der Waals surface area (Å²) in [5, 5.41) is 17.9. The van der Waals surface area contributed by atoms with E-state index in [1.807, 2.05) is 0 Å². The normalized spacial score (nSPS) is 9.50. The van der Waals surface area contributed by atoms with Crippen molar-refractivity contribution >= 4 is 12.3 Å². The summed E-state index contributed by atoms with van der Waals surface area (Å²) < 4.78 is 4.73. The van der Waals surface area contributed by atoms with Gasteiger partial charge in [-0.15, -0.1) is 0 Å². The minimum absolute atomic E-state index is 0.0420. The number of benzene rings is 1. The van der Waals surface area contributed by atoms with E-state index in [1.54, 1.807) is 0 Å². The molecule has 74 valence electrons. The third kappa shape index (κ3) is 1.66. The third-order valence-electron chi connectivity index (χ3n) is 1.68. The van der Waals surface area contributed by atoms with Crippen LogP contribution in [0.5, 0.6) is 11.5 Å². The van der Waals surface area contributed by atoms with Crippen molar-refractivity contribution in [3.05, 3.63) is 23.3 Å². The zero-order valence-electron chi connectivity index (χ0n) is 7.35. The minimum atomic E-state index is -1.27. The zero-order chi connectivity index (χ0) is 10.7. The molecule has 0 heterocycles. The molecule has 14 heavy (non-hydrogen) atoms. The number of hydrogen-bond acceptors (Lipinski definition) is 4. The quantitative estimate of drug-likeness (QED) is 0.702. The second-order valence-corrected chi connectivity index (χ2v) is 2.54. The van der Waals surface area contributed by atoms with Gasteiger partial charge in [-0.1, -0.05) is 0 Å². The first-order valence-electron chi connectivity index (χ1n) is 3.69. The van der Waals surface area contributed by atoms with Crippen molar-refractivity contribution < 1.29 is 24.5 Å². The van der Waals surface area contributed by atoms with E-state index in [2.05, 4.69) is 0 Å². The zero-order valence-corrected chi connectivity index (χ0v) is 7.35. The number of ether oxygens (including phenoxy) is 1. The molecule has 0 radical (unpaired) electrons. The van der Waals surface area contributed by atoms with E-state index in [0.717, 1.165) is 12.1 Å². The first-order valence-corrected chi connectivity index (χ1v) is 3.69. The molecule has 5 heteroatoms. The Morgan fingerprint density at radius 2 is 2.14 bits per heavy atom. The fourth-order valence-corrected chi connectivity index (χ4v) is 1.10. The SMILES string of the molecule is COc1cc(O)cc(C=O)c1C(=O)O. The van der Waals surface area contributed by atoms with E-state index in [-0.39, 0.29) is 22.6 Å². The van der Waals surface area contributed by atoms with Crippen LogP contribution in [0.4, 0.5) is 0 Å². The maximum atomic E-state index is 10.8. The van der Waals surface area contributed by atoms with E-state index in [9.17, 15) is 9.59 Å². The van der Waals surface area contributed by atoms with Gasteiger partial charge in [0, 0.05) is 11.6 Å². The second-order valence-electron chi connectivity index (χ2n) is 2.54. The van der Waals surface area contributed by atoms with E-state index < -0.39 is 5.97 Å². The predicted molar refractivity (Wildman–Crippen MR) is 47.0 cm³/mol. The van der Waals surface area contributed by atoms with E-state index >= 15 is 0 Å². The number of methoxy groups -OCH3 is 1. The average Bonchev–Trinajstić information content (AvgIpc) is 2.15. The minimum Gasteiger partial charge on any atom is -0.508 e. The lowest BCUT2D eigenvalue weighted by Crippen LogP contribution is -2.04. The summed E-state index contributed by atoms with van der Waals surface area (Å²) in [6.45, 7) is 0. The van der Waals surface area contributed by atoms with Gasteiger partial charge >= 0.3 is 5.97 Å². The lowest BCUT2D eigenvalue weighted by Gasteiger charge is -2.07. The van der Waals surface area contributed by atoms with Crippen molar-refractivity contribution in [3.8, 4) is 11.5 Å². The number of carbonyl (C=O) groups is 2. The molecule has 0 atom stereocenters. The van der Waals surface area contributed by atoms with Crippen LogP contribution in [0.15, 0.2) is 12.1 Å². The number of aromatic carboxylic acids is 1. The van der Waals surface area contributed by atoms with Crippen LogP contribution in [0.2, 0.25) is 0 Å². The molecule has 0 spiro atoms. The number of carboxylic acid groups (broad SMARTS) is 1. The highest BCUT2D eigenvalue weighted by Crippen LogP contribution is 2.27. The Morgan fingerprint density at radius 3 is 2.57 bits per heavy atom. The molecule has 0 unspecified atom stereocenters. The van der Waals surface area contributed by atoms with Crippen molar-refractivity contribution in [2.24, 2.45) is 0 Å². The molecule has 0 amide bonds. The smallest absolute Gasteiger partial charge is 0.340 e. The number of aldehydes is 1. The van der Waals surface area contributed by atoms with Crippen LogP contribution in [0.3, 0.4) is 0 Å². The number of carboxylic acids is 1. The van der Waals surface area contributed by atoms with Crippen molar-refractivity contribution in [2.45, 2.75) is 0 Å². The fourth-order valence-electron chi connectivity index (χ4n) is 1.10. The molecule has 0 bridgehead atoms. The van der Waals surface area contributed by atoms with Crippen LogP contribution < -0.4 is 4.74 Å². The molecular formula is C9H8O5. The van der Waals surface area contributed by atoms with Crippen molar-refractivity contribution in [3.63, 3.8) is 0 Å². The van der Waals surface area contributed by atoms with Gasteiger partial charge in [0.2, 0.25) is 0 Å². The molecule has 0 aliphatic rings. The van der Waals surface area contributed by atoms with Crippen molar-refractivity contribution in [2.75, 3.05) is 7.11 Å². The standard InChI is InChI=1S/C9H8O5/c1-14-7-3-6(11)2-5(4-10)8(7)9(12)13/h2-4,11H,1H3,(H,12,13). The number of phenolic OH excluding ortho intramolecular Hbond substituents is 1. The van der Waals surface area contributed by atoms with Crippen LogP contribution in [0.25, 0.3) is 0 Å². The number of hydrogen-bond donors (Lipinski definition) is 2. The first kappa shape index (κ1) is 10.0. The molecule has 0 aliphatic carbocycles. The Kier molecular flexibility index (Phi) is 2.71. The summed E-state index contributed by atoms with van der Waals surface area (Å²) >= 11 is 0. The maximum Gasteiger partial charge on any atom is 0.340 e. The topological polar surface area (TPSA) is 83.8 Å². The molecule has 0 aromatic heterocycles. The Balaban J connectivity index is 3.48. The lowest BCUT2D eigenvalue weighted by molar-refractivity contribution is 0.0690. The van der Waals surface area contributed by atoms with Gasteiger partial charge in [0.15, 0.2) is 6.29 Å². The van der Waals surface area contributed by atoms with E-state index in [1.165, 1.54) is 7.11 Å². The predicted octanol–water partition coefficient (Wildman–Crippen LogP) is 0.911. The Bertz CT molecular complexity index is 383. The monoisotopic (exact) mass is 196 g/mol. The summed E-state index contributed by atoms with van der Waals surface area (Å²) in [6, 6.07) is 2.20. The van der Waals surface area contributed by atoms with Gasteiger partial charge in [0.1, 0.15) is 17.1 Å². The van der Waals surface area contributed by atoms with Crippen LogP contribution in [0, 0.1) is 0 Å². The third-order valence-corrected chi connectivity index (χ3v) is 1.68. The largest absolute Gasteiger partial charge is 0.508 e. The fraction of sp³-hybridized carbons (Fsp3) is 0.111. The van der Waals surface area contributed by atoms with Crippen molar-refractivity contribution in [1.82, 2.24) is 0 Å². The maximum absolute atomic E-state index is 10.8. The summed E-state index contributed by atoms with van der Waals surface area (Å²) in [6.07, 6.45) is 0.353. The van der Waals surface area contributed by atoms with Gasteiger partial charge in [-0.25, -0.2) is 4.79 Å². The number of phenols is 1. The van der Waals surface area contributed by atoms with E-state index in [0.29, 0.717) is 6.29 Å².